The van der Waals surface area contributed by atoms with Gasteiger partial charge in [0.05, 0.1) is 13.2 Å². The van der Waals surface area contributed by atoms with Crippen LogP contribution in [-0.4, -0.2) is 32.1 Å². The molecule has 0 amide bonds. The maximum Gasteiger partial charge on any atom is 0.144 e. The minimum atomic E-state index is -0.182. The topological polar surface area (TPSA) is 29.5 Å². The smallest absolute Gasteiger partial charge is 0.144 e. The molecule has 1 aliphatic rings. The molecule has 1 unspecified atom stereocenters. The van der Waals surface area contributed by atoms with E-state index in [1.54, 1.807) is 0 Å². The Morgan fingerprint density at radius 1 is 1.21 bits per heavy atom. The molecule has 0 aromatic heterocycles. The number of aldehydes is 1. The van der Waals surface area contributed by atoms with Crippen molar-refractivity contribution in [1.82, 2.24) is 0 Å². The predicted octanol–water partition coefficient (Wildman–Crippen LogP) is 3.95. The second-order valence-electron chi connectivity index (χ2n) is 5.85. The lowest BCUT2D eigenvalue weighted by Gasteiger charge is -2.36. The van der Waals surface area contributed by atoms with Crippen LogP contribution in [0.25, 0.3) is 0 Å². The molecule has 0 N–H and O–H groups in total. The Kier molecular flexibility index (Phi) is 5.94. The summed E-state index contributed by atoms with van der Waals surface area (Å²) < 4.78 is 5.46. The monoisotopic (exact) mass is 341 g/mol. The number of ether oxygens (including phenoxy) is 1. The molecule has 0 spiro atoms. The predicted molar refractivity (Wildman–Crippen MR) is 99.8 cm³/mol. The van der Waals surface area contributed by atoms with Crippen molar-refractivity contribution < 1.29 is 9.53 Å². The fourth-order valence-electron chi connectivity index (χ4n) is 3.08. The van der Waals surface area contributed by atoms with Gasteiger partial charge in [0.1, 0.15) is 12.3 Å². The molecule has 0 saturated carbocycles. The van der Waals surface area contributed by atoms with Crippen molar-refractivity contribution >= 4 is 23.7 Å². The van der Waals surface area contributed by atoms with Gasteiger partial charge in [-0.05, 0) is 29.7 Å². The van der Waals surface area contributed by atoms with E-state index < -0.39 is 0 Å². The number of rotatable bonds is 6. The SMILES string of the molecule is CCc1c(SCc2ccccc2)cccc1N1CCOCC1C=O. The van der Waals surface area contributed by atoms with E-state index in [-0.39, 0.29) is 6.04 Å². The summed E-state index contributed by atoms with van der Waals surface area (Å²) in [6.07, 6.45) is 1.96. The number of hydrogen-bond donors (Lipinski definition) is 0. The Morgan fingerprint density at radius 2 is 2.04 bits per heavy atom. The van der Waals surface area contributed by atoms with Crippen LogP contribution in [0.4, 0.5) is 5.69 Å². The normalized spacial score (nSPS) is 17.7. The Balaban J connectivity index is 1.84. The molecule has 0 radical (unpaired) electrons. The second-order valence-corrected chi connectivity index (χ2v) is 6.87. The highest BCUT2D eigenvalue weighted by Gasteiger charge is 2.25. The maximum atomic E-state index is 11.4. The zero-order valence-electron chi connectivity index (χ0n) is 14.0. The fourth-order valence-corrected chi connectivity index (χ4v) is 4.20. The van der Waals surface area contributed by atoms with Gasteiger partial charge in [-0.1, -0.05) is 43.3 Å². The van der Waals surface area contributed by atoms with Crippen LogP contribution in [0.3, 0.4) is 0 Å². The number of morpholine rings is 1. The molecule has 1 fully saturated rings. The molecular weight excluding hydrogens is 318 g/mol. The summed E-state index contributed by atoms with van der Waals surface area (Å²) in [6.45, 7) is 4.11. The van der Waals surface area contributed by atoms with Crippen molar-refractivity contribution in [1.29, 1.82) is 0 Å². The lowest BCUT2D eigenvalue weighted by molar-refractivity contribution is -0.111. The zero-order chi connectivity index (χ0) is 16.8. The molecule has 3 rings (SSSR count). The quantitative estimate of drug-likeness (QED) is 0.588. The van der Waals surface area contributed by atoms with Crippen LogP contribution in [0.15, 0.2) is 53.4 Å². The summed E-state index contributed by atoms with van der Waals surface area (Å²) in [5.41, 5.74) is 3.83. The first-order valence-electron chi connectivity index (χ1n) is 8.41. The highest BCUT2D eigenvalue weighted by Crippen LogP contribution is 2.34. The van der Waals surface area contributed by atoms with Crippen LogP contribution in [0.1, 0.15) is 18.1 Å². The van der Waals surface area contributed by atoms with E-state index in [4.69, 9.17) is 4.74 Å². The number of carbonyl (C=O) groups excluding carboxylic acids is 1. The molecule has 2 aromatic rings. The van der Waals surface area contributed by atoms with E-state index in [1.165, 1.54) is 21.7 Å². The summed E-state index contributed by atoms with van der Waals surface area (Å²) in [4.78, 5) is 14.9. The van der Waals surface area contributed by atoms with E-state index in [0.717, 1.165) is 25.0 Å². The summed E-state index contributed by atoms with van der Waals surface area (Å²) in [7, 11) is 0. The van der Waals surface area contributed by atoms with Crippen molar-refractivity contribution in [3.8, 4) is 0 Å². The number of anilines is 1. The average Bonchev–Trinajstić information content (AvgIpc) is 2.66. The lowest BCUT2D eigenvalue weighted by atomic mass is 10.1. The van der Waals surface area contributed by atoms with Gasteiger partial charge < -0.3 is 14.4 Å². The van der Waals surface area contributed by atoms with Crippen molar-refractivity contribution in [3.63, 3.8) is 0 Å². The first-order valence-corrected chi connectivity index (χ1v) is 9.40. The molecule has 2 aromatic carbocycles. The van der Waals surface area contributed by atoms with Gasteiger partial charge in [0.15, 0.2) is 0 Å². The molecule has 1 atom stereocenters. The summed E-state index contributed by atoms with van der Waals surface area (Å²) >= 11 is 1.87. The minimum Gasteiger partial charge on any atom is -0.377 e. The first-order chi connectivity index (χ1) is 11.8. The molecule has 3 nitrogen and oxygen atoms in total. The lowest BCUT2D eigenvalue weighted by Crippen LogP contribution is -2.47. The summed E-state index contributed by atoms with van der Waals surface area (Å²) in [5, 5.41) is 0. The van der Waals surface area contributed by atoms with E-state index in [2.05, 4.69) is 54.3 Å². The molecule has 1 saturated heterocycles. The van der Waals surface area contributed by atoms with Crippen LogP contribution < -0.4 is 4.90 Å². The Morgan fingerprint density at radius 3 is 2.79 bits per heavy atom. The van der Waals surface area contributed by atoms with Crippen molar-refractivity contribution in [2.24, 2.45) is 0 Å². The molecular formula is C20H23NO2S. The van der Waals surface area contributed by atoms with Gasteiger partial charge in [-0.3, -0.25) is 0 Å². The summed E-state index contributed by atoms with van der Waals surface area (Å²) in [6, 6.07) is 16.8. The highest BCUT2D eigenvalue weighted by atomic mass is 32.2. The van der Waals surface area contributed by atoms with Crippen LogP contribution >= 0.6 is 11.8 Å². The third kappa shape index (κ3) is 3.82. The molecule has 4 heteroatoms. The zero-order valence-corrected chi connectivity index (χ0v) is 14.8. The number of thioether (sulfide) groups is 1. The maximum absolute atomic E-state index is 11.4. The van der Waals surface area contributed by atoms with Crippen molar-refractivity contribution in [2.45, 2.75) is 30.0 Å². The third-order valence-corrected chi connectivity index (χ3v) is 5.50. The van der Waals surface area contributed by atoms with Gasteiger partial charge in [0.2, 0.25) is 0 Å². The van der Waals surface area contributed by atoms with Crippen LogP contribution in [0, 0.1) is 0 Å². The van der Waals surface area contributed by atoms with Gasteiger partial charge in [-0.25, -0.2) is 0 Å². The van der Waals surface area contributed by atoms with E-state index in [1.807, 2.05) is 17.8 Å². The minimum absolute atomic E-state index is 0.182. The summed E-state index contributed by atoms with van der Waals surface area (Å²) in [5.74, 6) is 0.956. The number of carbonyl (C=O) groups is 1. The van der Waals surface area contributed by atoms with E-state index >= 15 is 0 Å². The number of benzene rings is 2. The Hall–Kier alpha value is -1.78. The van der Waals surface area contributed by atoms with Gasteiger partial charge in [0, 0.05) is 22.9 Å². The molecule has 1 aliphatic heterocycles. The van der Waals surface area contributed by atoms with Gasteiger partial charge >= 0.3 is 0 Å². The molecule has 0 aliphatic carbocycles. The van der Waals surface area contributed by atoms with Gasteiger partial charge in [0.25, 0.3) is 0 Å². The number of nitrogens with zero attached hydrogens (tertiary/aromatic N) is 1. The third-order valence-electron chi connectivity index (χ3n) is 4.33. The largest absolute Gasteiger partial charge is 0.377 e. The fraction of sp³-hybridized carbons (Fsp3) is 0.350. The van der Waals surface area contributed by atoms with Gasteiger partial charge in [-0.2, -0.15) is 0 Å². The van der Waals surface area contributed by atoms with Crippen LogP contribution in [0.2, 0.25) is 0 Å². The molecule has 24 heavy (non-hydrogen) atoms. The van der Waals surface area contributed by atoms with Crippen molar-refractivity contribution in [3.05, 3.63) is 59.7 Å². The van der Waals surface area contributed by atoms with Gasteiger partial charge in [-0.15, -0.1) is 11.8 Å². The molecule has 0 bridgehead atoms. The van der Waals surface area contributed by atoms with E-state index in [0.29, 0.717) is 13.2 Å². The van der Waals surface area contributed by atoms with Crippen molar-refractivity contribution in [2.75, 3.05) is 24.7 Å². The first kappa shape index (κ1) is 17.1. The highest BCUT2D eigenvalue weighted by molar-refractivity contribution is 7.98. The Labute approximate surface area is 148 Å². The standard InChI is InChI=1S/C20H23NO2S/c1-2-18-19(21-11-12-23-14-17(21)13-22)9-6-10-20(18)24-15-16-7-4-3-5-8-16/h3-10,13,17H,2,11-12,14-15H2,1H3. The molecule has 126 valence electrons. The number of hydrogen-bond acceptors (Lipinski definition) is 4. The Bertz CT molecular complexity index is 675. The molecule has 1 heterocycles. The second kappa shape index (κ2) is 8.36. The van der Waals surface area contributed by atoms with Crippen LogP contribution in [-0.2, 0) is 21.7 Å². The van der Waals surface area contributed by atoms with E-state index in [9.17, 15) is 4.79 Å². The average molecular weight is 341 g/mol. The van der Waals surface area contributed by atoms with Crippen LogP contribution in [0.5, 0.6) is 0 Å².